The number of hydrogen-bond donors (Lipinski definition) is 0. The van der Waals surface area contributed by atoms with Gasteiger partial charge in [0.25, 0.3) is 0 Å². The van der Waals surface area contributed by atoms with Gasteiger partial charge in [0, 0.05) is 5.56 Å². The van der Waals surface area contributed by atoms with Crippen LogP contribution in [-0.4, -0.2) is 0 Å². The molecule has 0 amide bonds. The summed E-state index contributed by atoms with van der Waals surface area (Å²) in [6.45, 7) is 1.89. The third kappa shape index (κ3) is 2.36. The minimum Gasteiger partial charge on any atom is -0.101 e. The molecule has 3 atom stereocenters. The molecule has 1 aromatic rings. The van der Waals surface area contributed by atoms with Crippen LogP contribution in [-0.2, 0) is 6.42 Å². The van der Waals surface area contributed by atoms with Crippen molar-refractivity contribution in [1.82, 2.24) is 0 Å². The summed E-state index contributed by atoms with van der Waals surface area (Å²) in [5.41, 5.74) is 2.59. The second-order valence-corrected chi connectivity index (χ2v) is 5.65. The Hall–Kier alpha value is -1.48. The van der Waals surface area contributed by atoms with Crippen LogP contribution in [0.4, 0.5) is 0 Å². The summed E-state index contributed by atoms with van der Waals surface area (Å²) in [7, 11) is 0. The zero-order valence-corrected chi connectivity index (χ0v) is 11.0. The van der Waals surface area contributed by atoms with E-state index in [1.54, 1.807) is 0 Å². The Morgan fingerprint density at radius 2 is 1.94 bits per heavy atom. The molecule has 0 heteroatoms. The Morgan fingerprint density at radius 3 is 2.56 bits per heavy atom. The van der Waals surface area contributed by atoms with E-state index in [0.29, 0.717) is 0 Å². The van der Waals surface area contributed by atoms with Crippen molar-refractivity contribution in [2.24, 2.45) is 17.8 Å². The molecule has 2 aliphatic rings. The molecular weight excluding hydrogens is 216 g/mol. The highest BCUT2D eigenvalue weighted by atomic mass is 14.4. The van der Waals surface area contributed by atoms with Crippen LogP contribution in [0.25, 0.3) is 0 Å². The highest BCUT2D eigenvalue weighted by Crippen LogP contribution is 2.45. The first-order chi connectivity index (χ1) is 8.85. The molecule has 0 aromatic heterocycles. The molecule has 0 heterocycles. The predicted molar refractivity (Wildman–Crippen MR) is 76.2 cm³/mol. The minimum atomic E-state index is 0.889. The van der Waals surface area contributed by atoms with E-state index in [4.69, 9.17) is 0 Å². The van der Waals surface area contributed by atoms with Gasteiger partial charge in [-0.3, -0.25) is 0 Å². The fourth-order valence-electron chi connectivity index (χ4n) is 3.48. The lowest BCUT2D eigenvalue weighted by Gasteiger charge is -2.17. The van der Waals surface area contributed by atoms with Gasteiger partial charge in [-0.1, -0.05) is 30.2 Å². The quantitative estimate of drug-likeness (QED) is 0.545. The molecule has 18 heavy (non-hydrogen) atoms. The van der Waals surface area contributed by atoms with Crippen molar-refractivity contribution in [3.8, 4) is 11.8 Å². The maximum atomic E-state index is 3.09. The predicted octanol–water partition coefficient (Wildman–Crippen LogP) is 4.20. The summed E-state index contributed by atoms with van der Waals surface area (Å²) >= 11 is 0. The van der Waals surface area contributed by atoms with Gasteiger partial charge in [-0.05, 0) is 68.1 Å². The molecule has 0 aliphatic heterocycles. The molecule has 0 N–H and O–H groups in total. The van der Waals surface area contributed by atoms with Gasteiger partial charge >= 0.3 is 0 Å². The lowest BCUT2D eigenvalue weighted by molar-refractivity contribution is 0.416. The molecule has 3 unspecified atom stereocenters. The Morgan fingerprint density at radius 1 is 1.11 bits per heavy atom. The van der Waals surface area contributed by atoms with E-state index in [-0.39, 0.29) is 0 Å². The molecule has 0 radical (unpaired) electrons. The number of aryl methyl sites for hydroxylation is 1. The van der Waals surface area contributed by atoms with Crippen molar-refractivity contribution in [3.63, 3.8) is 0 Å². The van der Waals surface area contributed by atoms with E-state index in [1.807, 2.05) is 6.92 Å². The molecule has 0 nitrogen and oxygen atoms in total. The summed E-state index contributed by atoms with van der Waals surface area (Å²) in [4.78, 5) is 0. The Bertz CT molecular complexity index is 495. The van der Waals surface area contributed by atoms with Crippen molar-refractivity contribution in [1.29, 1.82) is 0 Å². The van der Waals surface area contributed by atoms with Crippen LogP contribution >= 0.6 is 0 Å². The van der Waals surface area contributed by atoms with Crippen LogP contribution in [0.5, 0.6) is 0 Å². The standard InChI is InChI=1S/C18H20/c1-2-3-14-4-6-15(7-5-14)8-10-17-12-16-9-11-18(17)13-16/h4-7,9,11,16-18H,8,10,12-13H2,1H3. The average Bonchev–Trinajstić information content (AvgIpc) is 3.00. The average molecular weight is 236 g/mol. The topological polar surface area (TPSA) is 0 Å². The van der Waals surface area contributed by atoms with Gasteiger partial charge in [0.2, 0.25) is 0 Å². The lowest BCUT2D eigenvalue weighted by Crippen LogP contribution is -2.08. The molecular formula is C18H20. The molecule has 1 fully saturated rings. The summed E-state index contributed by atoms with van der Waals surface area (Å²) in [5.74, 6) is 8.77. The second-order valence-electron chi connectivity index (χ2n) is 5.65. The van der Waals surface area contributed by atoms with Gasteiger partial charge in [0.1, 0.15) is 0 Å². The van der Waals surface area contributed by atoms with E-state index in [2.05, 4.69) is 48.3 Å². The van der Waals surface area contributed by atoms with Gasteiger partial charge in [-0.25, -0.2) is 0 Å². The zero-order valence-electron chi connectivity index (χ0n) is 11.0. The molecule has 1 saturated carbocycles. The first kappa shape index (κ1) is 11.6. The highest BCUT2D eigenvalue weighted by Gasteiger charge is 2.34. The maximum absolute atomic E-state index is 3.09. The lowest BCUT2D eigenvalue weighted by atomic mass is 9.88. The van der Waals surface area contributed by atoms with Crippen LogP contribution in [0.15, 0.2) is 36.4 Å². The summed E-state index contributed by atoms with van der Waals surface area (Å²) in [6.07, 6.45) is 10.3. The van der Waals surface area contributed by atoms with E-state index < -0.39 is 0 Å². The number of allylic oxidation sites excluding steroid dienone is 2. The van der Waals surface area contributed by atoms with Crippen LogP contribution in [0.3, 0.4) is 0 Å². The van der Waals surface area contributed by atoms with Crippen molar-refractivity contribution in [3.05, 3.63) is 47.5 Å². The highest BCUT2D eigenvalue weighted by molar-refractivity contribution is 5.35. The minimum absolute atomic E-state index is 0.889. The molecule has 2 aliphatic carbocycles. The Balaban J connectivity index is 1.56. The van der Waals surface area contributed by atoms with Gasteiger partial charge in [-0.15, -0.1) is 5.92 Å². The van der Waals surface area contributed by atoms with E-state index in [0.717, 1.165) is 23.3 Å². The Labute approximate surface area is 110 Å². The number of hydrogen-bond acceptors (Lipinski definition) is 0. The van der Waals surface area contributed by atoms with Gasteiger partial charge in [0.15, 0.2) is 0 Å². The third-order valence-corrected chi connectivity index (χ3v) is 4.44. The first-order valence-corrected chi connectivity index (χ1v) is 7.05. The van der Waals surface area contributed by atoms with Crippen molar-refractivity contribution in [2.45, 2.75) is 32.6 Å². The third-order valence-electron chi connectivity index (χ3n) is 4.44. The van der Waals surface area contributed by atoms with Gasteiger partial charge < -0.3 is 0 Å². The largest absolute Gasteiger partial charge is 0.101 e. The number of rotatable bonds is 3. The fraction of sp³-hybridized carbons (Fsp3) is 0.444. The van der Waals surface area contributed by atoms with Crippen molar-refractivity contribution in [2.75, 3.05) is 0 Å². The smallest absolute Gasteiger partial charge is 0.0245 e. The second kappa shape index (κ2) is 5.02. The normalized spacial score (nSPS) is 28.2. The summed E-state index contributed by atoms with van der Waals surface area (Å²) < 4.78 is 0. The fourth-order valence-corrected chi connectivity index (χ4v) is 3.48. The number of fused-ring (bicyclic) bond motifs is 2. The molecule has 3 rings (SSSR count). The van der Waals surface area contributed by atoms with Crippen LogP contribution in [0.2, 0.25) is 0 Å². The van der Waals surface area contributed by atoms with Crippen LogP contribution in [0.1, 0.15) is 37.3 Å². The first-order valence-electron chi connectivity index (χ1n) is 7.05. The molecule has 92 valence electrons. The van der Waals surface area contributed by atoms with E-state index >= 15 is 0 Å². The number of benzene rings is 1. The van der Waals surface area contributed by atoms with Gasteiger partial charge in [-0.2, -0.15) is 0 Å². The van der Waals surface area contributed by atoms with Crippen molar-refractivity contribution >= 4 is 0 Å². The Kier molecular flexibility index (Phi) is 3.24. The van der Waals surface area contributed by atoms with Crippen molar-refractivity contribution < 1.29 is 0 Å². The van der Waals surface area contributed by atoms with Gasteiger partial charge in [0.05, 0.1) is 0 Å². The molecule has 2 bridgehead atoms. The maximum Gasteiger partial charge on any atom is 0.0245 e. The summed E-state index contributed by atoms with van der Waals surface area (Å²) in [6, 6.07) is 8.77. The van der Waals surface area contributed by atoms with E-state index in [9.17, 15) is 0 Å². The van der Waals surface area contributed by atoms with Crippen LogP contribution in [0, 0.1) is 29.6 Å². The SMILES string of the molecule is CC#Cc1ccc(CCC2CC3C=CC2C3)cc1. The summed E-state index contributed by atoms with van der Waals surface area (Å²) in [5, 5.41) is 0. The van der Waals surface area contributed by atoms with Crippen LogP contribution < -0.4 is 0 Å². The molecule has 0 spiro atoms. The zero-order chi connectivity index (χ0) is 12.4. The monoisotopic (exact) mass is 236 g/mol. The van der Waals surface area contributed by atoms with E-state index in [1.165, 1.54) is 31.2 Å². The molecule has 1 aromatic carbocycles. The molecule has 0 saturated heterocycles.